The van der Waals surface area contributed by atoms with Gasteiger partial charge in [-0.3, -0.25) is 13.8 Å². The van der Waals surface area contributed by atoms with Crippen molar-refractivity contribution >= 4 is 30.9 Å². The summed E-state index contributed by atoms with van der Waals surface area (Å²) in [5.74, 6) is -0.460. The number of carbonyl (C=O) groups is 1. The third-order valence-corrected chi connectivity index (χ3v) is 5.10. The molecule has 0 aliphatic carbocycles. The van der Waals surface area contributed by atoms with Crippen LogP contribution in [0.3, 0.4) is 0 Å². The Hall–Kier alpha value is -1.47. The molecular weight excluding hydrogens is 331 g/mol. The van der Waals surface area contributed by atoms with Crippen molar-refractivity contribution in [2.24, 2.45) is 5.73 Å². The summed E-state index contributed by atoms with van der Waals surface area (Å²) in [6.07, 6.45) is 2.70. The predicted molar refractivity (Wildman–Crippen MR) is 81.1 cm³/mol. The second kappa shape index (κ2) is 6.75. The summed E-state index contributed by atoms with van der Waals surface area (Å²) < 4.78 is 24.7. The average Bonchev–Trinajstić information content (AvgIpc) is 2.87. The van der Waals surface area contributed by atoms with Crippen molar-refractivity contribution in [1.82, 2.24) is 14.4 Å². The van der Waals surface area contributed by atoms with Crippen LogP contribution in [0.25, 0.3) is 5.78 Å². The molecule has 1 amide bonds. The monoisotopic (exact) mass is 346 g/mol. The fourth-order valence-corrected chi connectivity index (χ4v) is 3.97. The summed E-state index contributed by atoms with van der Waals surface area (Å²) in [6.45, 7) is 3.91. The van der Waals surface area contributed by atoms with Gasteiger partial charge in [-0.2, -0.15) is 0 Å². The van der Waals surface area contributed by atoms with Crippen LogP contribution < -0.4 is 5.73 Å². The second-order valence-electron chi connectivity index (χ2n) is 4.32. The Morgan fingerprint density at radius 3 is 2.59 bits per heavy atom. The van der Waals surface area contributed by atoms with E-state index in [1.165, 1.54) is 16.8 Å². The van der Waals surface area contributed by atoms with Gasteiger partial charge in [-0.25, -0.2) is 9.97 Å². The molecule has 2 aromatic rings. The smallest absolute Gasteiger partial charge is 0.336 e. The number of fused-ring (bicyclic) bond motifs is 1. The van der Waals surface area contributed by atoms with Crippen LogP contribution >= 0.6 is 19.2 Å². The van der Waals surface area contributed by atoms with E-state index in [1.54, 1.807) is 13.8 Å². The molecule has 2 rings (SSSR count). The lowest BCUT2D eigenvalue weighted by Gasteiger charge is -2.18. The fraction of sp³-hybridized carbons (Fsp3) is 0.417. The van der Waals surface area contributed by atoms with Gasteiger partial charge in [0.25, 0.3) is 5.91 Å². The summed E-state index contributed by atoms with van der Waals surface area (Å²) in [5, 5.41) is 0.264. The molecule has 2 heterocycles. The Kier molecular flexibility index (Phi) is 5.18. The molecule has 2 N–H and O–H groups in total. The lowest BCUT2D eigenvalue weighted by Crippen LogP contribution is -2.11. The van der Waals surface area contributed by atoms with Crippen LogP contribution in [-0.4, -0.2) is 33.5 Å². The van der Waals surface area contributed by atoms with Crippen LogP contribution in [0.4, 0.5) is 0 Å². The first-order valence-electron chi connectivity index (χ1n) is 6.60. The number of imidazole rings is 1. The Morgan fingerprint density at radius 1 is 1.41 bits per heavy atom. The zero-order chi connectivity index (χ0) is 16.3. The number of hydrogen-bond acceptors (Lipinski definition) is 6. The number of primary amides is 1. The molecule has 0 aliphatic rings. The van der Waals surface area contributed by atoms with E-state index in [4.69, 9.17) is 26.4 Å². The minimum atomic E-state index is -3.36. The third kappa shape index (κ3) is 3.47. The topological polar surface area (TPSA) is 109 Å². The maximum Gasteiger partial charge on any atom is 0.336 e. The molecule has 0 radical (unpaired) electrons. The molecule has 2 aromatic heterocycles. The largest absolute Gasteiger partial charge is 0.364 e. The standard InChI is InChI=1S/C12H16ClN4O4P/c1-3-20-22(19,21-4-2)7-10-8(13)5-15-12-16-9(11(14)18)6-17(10)12/h5-6H,3-4,7H2,1-2H3,(H2,14,18). The molecule has 0 bridgehead atoms. The SMILES string of the molecule is CCOP(=O)(Cc1c(Cl)cnc2nc(C(N)=O)cn12)OCC. The molecule has 10 heteroatoms. The van der Waals surface area contributed by atoms with Crippen LogP contribution in [0.15, 0.2) is 12.4 Å². The summed E-state index contributed by atoms with van der Waals surface area (Å²) in [6, 6.07) is 0. The molecule has 0 saturated heterocycles. The van der Waals surface area contributed by atoms with E-state index < -0.39 is 13.5 Å². The molecule has 0 unspecified atom stereocenters. The minimum Gasteiger partial charge on any atom is -0.364 e. The Balaban J connectivity index is 2.51. The highest BCUT2D eigenvalue weighted by Crippen LogP contribution is 2.52. The first kappa shape index (κ1) is 16.9. The molecule has 0 atom stereocenters. The first-order chi connectivity index (χ1) is 10.4. The second-order valence-corrected chi connectivity index (χ2v) is 6.78. The van der Waals surface area contributed by atoms with Crippen molar-refractivity contribution in [3.05, 3.63) is 28.8 Å². The fourth-order valence-electron chi connectivity index (χ4n) is 1.94. The van der Waals surface area contributed by atoms with Gasteiger partial charge in [0.2, 0.25) is 5.78 Å². The maximum atomic E-state index is 12.7. The summed E-state index contributed by atoms with van der Waals surface area (Å²) in [5.41, 5.74) is 5.68. The number of carbonyl (C=O) groups excluding carboxylic acids is 1. The van der Waals surface area contributed by atoms with Crippen LogP contribution in [-0.2, 0) is 19.8 Å². The Bertz CT molecular complexity index is 738. The van der Waals surface area contributed by atoms with Gasteiger partial charge in [-0.1, -0.05) is 11.6 Å². The van der Waals surface area contributed by atoms with Crippen LogP contribution in [0.5, 0.6) is 0 Å². The number of aromatic nitrogens is 3. The van der Waals surface area contributed by atoms with Gasteiger partial charge >= 0.3 is 7.60 Å². The van der Waals surface area contributed by atoms with E-state index in [0.29, 0.717) is 5.69 Å². The van der Waals surface area contributed by atoms with Crippen molar-refractivity contribution in [3.8, 4) is 0 Å². The van der Waals surface area contributed by atoms with E-state index in [0.717, 1.165) is 0 Å². The molecule has 0 saturated carbocycles. The van der Waals surface area contributed by atoms with Crippen molar-refractivity contribution < 1.29 is 18.4 Å². The Morgan fingerprint density at radius 2 is 2.05 bits per heavy atom. The van der Waals surface area contributed by atoms with Gasteiger partial charge in [-0.15, -0.1) is 0 Å². The van der Waals surface area contributed by atoms with Crippen LogP contribution in [0, 0.1) is 0 Å². The lowest BCUT2D eigenvalue weighted by molar-refractivity contribution is 0.0996. The van der Waals surface area contributed by atoms with Gasteiger partial charge in [0, 0.05) is 6.20 Å². The highest BCUT2D eigenvalue weighted by atomic mass is 35.5. The number of halogens is 1. The molecular formula is C12H16ClN4O4P. The van der Waals surface area contributed by atoms with Gasteiger partial charge in [0.1, 0.15) is 5.69 Å². The number of amides is 1. The van der Waals surface area contributed by atoms with E-state index in [1.807, 2.05) is 0 Å². The van der Waals surface area contributed by atoms with Crippen molar-refractivity contribution in [2.45, 2.75) is 20.0 Å². The third-order valence-electron chi connectivity index (χ3n) is 2.79. The van der Waals surface area contributed by atoms with E-state index in [-0.39, 0.29) is 35.9 Å². The molecule has 22 heavy (non-hydrogen) atoms. The number of nitrogens with two attached hydrogens (primary N) is 1. The van der Waals surface area contributed by atoms with Gasteiger partial charge < -0.3 is 14.8 Å². The lowest BCUT2D eigenvalue weighted by atomic mass is 10.4. The normalized spacial score (nSPS) is 12.0. The van der Waals surface area contributed by atoms with Crippen LogP contribution in [0.1, 0.15) is 30.0 Å². The molecule has 0 spiro atoms. The Labute approximate surface area is 132 Å². The van der Waals surface area contributed by atoms with Crippen molar-refractivity contribution in [3.63, 3.8) is 0 Å². The highest BCUT2D eigenvalue weighted by molar-refractivity contribution is 7.53. The maximum absolute atomic E-state index is 12.7. The highest BCUT2D eigenvalue weighted by Gasteiger charge is 2.27. The predicted octanol–water partition coefficient (Wildman–Crippen LogP) is 2.25. The van der Waals surface area contributed by atoms with Gasteiger partial charge in [0.15, 0.2) is 0 Å². The molecule has 120 valence electrons. The molecule has 0 aliphatic heterocycles. The van der Waals surface area contributed by atoms with Crippen molar-refractivity contribution in [1.29, 1.82) is 0 Å². The van der Waals surface area contributed by atoms with Crippen LogP contribution in [0.2, 0.25) is 5.02 Å². The summed E-state index contributed by atoms with van der Waals surface area (Å²) in [4.78, 5) is 19.2. The average molecular weight is 347 g/mol. The number of nitrogens with zero attached hydrogens (tertiary/aromatic N) is 3. The van der Waals surface area contributed by atoms with Gasteiger partial charge in [-0.05, 0) is 13.8 Å². The summed E-state index contributed by atoms with van der Waals surface area (Å²) >= 11 is 6.14. The number of hydrogen-bond donors (Lipinski definition) is 1. The van der Waals surface area contributed by atoms with Gasteiger partial charge in [0.05, 0.1) is 36.3 Å². The summed E-state index contributed by atoms with van der Waals surface area (Å²) in [7, 11) is -3.36. The molecule has 8 nitrogen and oxygen atoms in total. The van der Waals surface area contributed by atoms with E-state index >= 15 is 0 Å². The van der Waals surface area contributed by atoms with Crippen molar-refractivity contribution in [2.75, 3.05) is 13.2 Å². The molecule has 0 fully saturated rings. The van der Waals surface area contributed by atoms with E-state index in [9.17, 15) is 9.36 Å². The number of rotatable bonds is 7. The minimum absolute atomic E-state index is 0.0404. The quantitative estimate of drug-likeness (QED) is 0.770. The first-order valence-corrected chi connectivity index (χ1v) is 8.71. The zero-order valence-corrected chi connectivity index (χ0v) is 13.8. The van der Waals surface area contributed by atoms with E-state index in [2.05, 4.69) is 9.97 Å². The molecule has 0 aromatic carbocycles. The zero-order valence-electron chi connectivity index (χ0n) is 12.2.